The van der Waals surface area contributed by atoms with Crippen LogP contribution in [0.1, 0.15) is 43.9 Å². The van der Waals surface area contributed by atoms with Gasteiger partial charge in [0.05, 0.1) is 18.2 Å². The van der Waals surface area contributed by atoms with E-state index in [1.165, 1.54) is 17.0 Å². The number of aliphatic hydroxyl groups excluding tert-OH is 1. The molecule has 1 amide bonds. The number of nitrogens with zero attached hydrogens (tertiary/aromatic N) is 1. The van der Waals surface area contributed by atoms with Crippen molar-refractivity contribution in [1.82, 2.24) is 4.90 Å². The monoisotopic (exact) mass is 395 g/mol. The largest absolute Gasteiger partial charge is 0.508 e. The molecule has 1 heterocycles. The molecule has 1 saturated heterocycles. The number of carbonyl (C=O) groups excluding carboxylic acids is 2. The second-order valence-corrected chi connectivity index (χ2v) is 6.96. The van der Waals surface area contributed by atoms with E-state index in [2.05, 4.69) is 0 Å². The number of ketones is 1. The number of aliphatic hydroxyl groups is 1. The summed E-state index contributed by atoms with van der Waals surface area (Å²) < 4.78 is 5.55. The Morgan fingerprint density at radius 3 is 2.41 bits per heavy atom. The van der Waals surface area contributed by atoms with Crippen molar-refractivity contribution in [3.63, 3.8) is 0 Å². The molecule has 2 aromatic carbocycles. The first-order chi connectivity index (χ1) is 14.0. The number of likely N-dealkylation sites (tertiary alicyclic amines) is 1. The number of Topliss-reactive ketones (excluding diaryl/α,β-unsaturated/α-hetero) is 1. The molecule has 1 aliphatic rings. The van der Waals surface area contributed by atoms with Gasteiger partial charge >= 0.3 is 0 Å². The van der Waals surface area contributed by atoms with E-state index < -0.39 is 17.7 Å². The van der Waals surface area contributed by atoms with Crippen LogP contribution in [0.4, 0.5) is 0 Å². The second kappa shape index (κ2) is 8.82. The predicted molar refractivity (Wildman–Crippen MR) is 110 cm³/mol. The minimum absolute atomic E-state index is 0.0243. The lowest BCUT2D eigenvalue weighted by molar-refractivity contribution is -0.139. The van der Waals surface area contributed by atoms with Gasteiger partial charge in [-0.15, -0.1) is 0 Å². The van der Waals surface area contributed by atoms with E-state index in [0.29, 0.717) is 36.4 Å². The summed E-state index contributed by atoms with van der Waals surface area (Å²) >= 11 is 0. The molecule has 29 heavy (non-hydrogen) atoms. The molecule has 1 unspecified atom stereocenters. The molecule has 152 valence electrons. The van der Waals surface area contributed by atoms with Gasteiger partial charge in [0, 0.05) is 12.1 Å². The molecule has 6 nitrogen and oxygen atoms in total. The Kier molecular flexibility index (Phi) is 6.22. The van der Waals surface area contributed by atoms with Crippen molar-refractivity contribution in [2.45, 2.75) is 32.7 Å². The summed E-state index contributed by atoms with van der Waals surface area (Å²) in [5.74, 6) is -0.918. The molecule has 2 N–H and O–H groups in total. The average molecular weight is 395 g/mol. The zero-order chi connectivity index (χ0) is 21.0. The maximum atomic E-state index is 12.8. The molecule has 1 fully saturated rings. The van der Waals surface area contributed by atoms with Crippen LogP contribution in [0.2, 0.25) is 0 Å². The number of aromatic hydroxyl groups is 1. The fraction of sp³-hybridized carbons (Fsp3) is 0.304. The summed E-state index contributed by atoms with van der Waals surface area (Å²) in [4.78, 5) is 26.9. The molecule has 6 heteroatoms. The average Bonchev–Trinajstić information content (AvgIpc) is 2.97. The van der Waals surface area contributed by atoms with E-state index in [0.717, 1.165) is 6.42 Å². The van der Waals surface area contributed by atoms with E-state index in [1.54, 1.807) is 36.4 Å². The molecule has 0 aliphatic carbocycles. The SMILES string of the molecule is CCCOc1ccc(/C(O)=C2/C(=O)C(=O)N(CCC)C2c2cccc(O)c2)cc1. The van der Waals surface area contributed by atoms with Gasteiger partial charge in [0.1, 0.15) is 17.3 Å². The number of hydrogen-bond acceptors (Lipinski definition) is 5. The third kappa shape index (κ3) is 4.11. The topological polar surface area (TPSA) is 87.1 Å². The molecule has 2 aromatic rings. The minimum Gasteiger partial charge on any atom is -0.508 e. The van der Waals surface area contributed by atoms with Gasteiger partial charge in [-0.1, -0.05) is 26.0 Å². The number of ether oxygens (including phenoxy) is 1. The van der Waals surface area contributed by atoms with Crippen molar-refractivity contribution >= 4 is 17.4 Å². The molecule has 1 aliphatic heterocycles. The van der Waals surface area contributed by atoms with E-state index in [9.17, 15) is 19.8 Å². The Balaban J connectivity index is 2.07. The van der Waals surface area contributed by atoms with Crippen molar-refractivity contribution in [3.05, 3.63) is 65.2 Å². The van der Waals surface area contributed by atoms with Crippen molar-refractivity contribution in [3.8, 4) is 11.5 Å². The summed E-state index contributed by atoms with van der Waals surface area (Å²) in [6, 6.07) is 12.4. The number of benzene rings is 2. The molecule has 0 spiro atoms. The Morgan fingerprint density at radius 1 is 1.07 bits per heavy atom. The van der Waals surface area contributed by atoms with Crippen LogP contribution in [0.3, 0.4) is 0 Å². The predicted octanol–water partition coefficient (Wildman–Crippen LogP) is 4.01. The smallest absolute Gasteiger partial charge is 0.295 e. The second-order valence-electron chi connectivity index (χ2n) is 6.96. The van der Waals surface area contributed by atoms with Crippen LogP contribution in [0, 0.1) is 0 Å². The van der Waals surface area contributed by atoms with Gasteiger partial charge in [0.2, 0.25) is 0 Å². The van der Waals surface area contributed by atoms with E-state index in [-0.39, 0.29) is 17.1 Å². The molecular formula is C23H25NO5. The number of phenols is 1. The fourth-order valence-corrected chi connectivity index (χ4v) is 3.48. The van der Waals surface area contributed by atoms with Gasteiger partial charge in [0.25, 0.3) is 11.7 Å². The number of carbonyl (C=O) groups is 2. The third-order valence-electron chi connectivity index (χ3n) is 4.79. The van der Waals surface area contributed by atoms with Crippen LogP contribution in [0.5, 0.6) is 11.5 Å². The van der Waals surface area contributed by atoms with Crippen LogP contribution >= 0.6 is 0 Å². The summed E-state index contributed by atoms with van der Waals surface area (Å²) in [7, 11) is 0. The summed E-state index contributed by atoms with van der Waals surface area (Å²) in [5, 5.41) is 20.8. The van der Waals surface area contributed by atoms with E-state index in [4.69, 9.17) is 4.74 Å². The van der Waals surface area contributed by atoms with Crippen molar-refractivity contribution < 1.29 is 24.5 Å². The van der Waals surface area contributed by atoms with Crippen LogP contribution < -0.4 is 4.74 Å². The number of phenolic OH excluding ortho intramolecular Hbond substituents is 1. The first-order valence-electron chi connectivity index (χ1n) is 9.78. The summed E-state index contributed by atoms with van der Waals surface area (Å²) in [6.45, 7) is 4.88. The molecule has 0 saturated carbocycles. The lowest BCUT2D eigenvalue weighted by Gasteiger charge is -2.25. The Hall–Kier alpha value is -3.28. The molecule has 3 rings (SSSR count). The Morgan fingerprint density at radius 2 is 1.79 bits per heavy atom. The van der Waals surface area contributed by atoms with E-state index >= 15 is 0 Å². The highest BCUT2D eigenvalue weighted by Gasteiger charge is 2.45. The molecular weight excluding hydrogens is 370 g/mol. The van der Waals surface area contributed by atoms with Crippen molar-refractivity contribution in [2.75, 3.05) is 13.2 Å². The highest BCUT2D eigenvalue weighted by atomic mass is 16.5. The first kappa shape index (κ1) is 20.5. The zero-order valence-electron chi connectivity index (χ0n) is 16.6. The quantitative estimate of drug-likeness (QED) is 0.420. The molecule has 0 radical (unpaired) electrons. The van der Waals surface area contributed by atoms with E-state index in [1.807, 2.05) is 13.8 Å². The lowest BCUT2D eigenvalue weighted by Crippen LogP contribution is -2.30. The van der Waals surface area contributed by atoms with Gasteiger partial charge in [-0.25, -0.2) is 0 Å². The first-order valence-corrected chi connectivity index (χ1v) is 9.78. The Bertz CT molecular complexity index is 933. The third-order valence-corrected chi connectivity index (χ3v) is 4.79. The van der Waals surface area contributed by atoms with Gasteiger partial charge in [0.15, 0.2) is 0 Å². The Labute approximate surface area is 170 Å². The zero-order valence-corrected chi connectivity index (χ0v) is 16.6. The summed E-state index contributed by atoms with van der Waals surface area (Å²) in [6.07, 6.45) is 1.54. The van der Waals surface area contributed by atoms with Gasteiger partial charge in [-0.05, 0) is 54.8 Å². The summed E-state index contributed by atoms with van der Waals surface area (Å²) in [5.41, 5.74) is 1.02. The maximum Gasteiger partial charge on any atom is 0.295 e. The van der Waals surface area contributed by atoms with Crippen LogP contribution in [-0.4, -0.2) is 40.0 Å². The van der Waals surface area contributed by atoms with Gasteiger partial charge in [-0.3, -0.25) is 9.59 Å². The number of rotatable bonds is 7. The lowest BCUT2D eigenvalue weighted by atomic mass is 9.95. The standard InChI is InChI=1S/C23H25NO5/c1-3-12-24-20(16-6-5-7-17(25)14-16)19(22(27)23(24)28)21(26)15-8-10-18(11-9-15)29-13-4-2/h5-11,14,20,25-26H,3-4,12-13H2,1-2H3/b21-19-. The fourth-order valence-electron chi connectivity index (χ4n) is 3.48. The minimum atomic E-state index is -0.752. The highest BCUT2D eigenvalue weighted by molar-refractivity contribution is 6.46. The van der Waals surface area contributed by atoms with Crippen molar-refractivity contribution in [2.24, 2.45) is 0 Å². The van der Waals surface area contributed by atoms with Gasteiger partial charge < -0.3 is 19.8 Å². The molecule has 0 aromatic heterocycles. The van der Waals surface area contributed by atoms with Gasteiger partial charge in [-0.2, -0.15) is 0 Å². The number of amides is 1. The van der Waals surface area contributed by atoms with Crippen LogP contribution in [0.25, 0.3) is 5.76 Å². The van der Waals surface area contributed by atoms with Crippen LogP contribution in [-0.2, 0) is 9.59 Å². The molecule has 0 bridgehead atoms. The normalized spacial score (nSPS) is 18.3. The molecule has 1 atom stereocenters. The number of hydrogen-bond donors (Lipinski definition) is 2. The van der Waals surface area contributed by atoms with Crippen molar-refractivity contribution in [1.29, 1.82) is 0 Å². The maximum absolute atomic E-state index is 12.8. The highest BCUT2D eigenvalue weighted by Crippen LogP contribution is 2.40. The van der Waals surface area contributed by atoms with Crippen LogP contribution in [0.15, 0.2) is 54.1 Å².